The van der Waals surface area contributed by atoms with Crippen molar-refractivity contribution in [2.24, 2.45) is 0 Å². The van der Waals surface area contributed by atoms with Crippen molar-refractivity contribution in [2.75, 3.05) is 6.61 Å². The smallest absolute Gasteiger partial charge is 0.332 e. The van der Waals surface area contributed by atoms with E-state index >= 15 is 0 Å². The van der Waals surface area contributed by atoms with E-state index in [-0.39, 0.29) is 12.4 Å². The van der Waals surface area contributed by atoms with E-state index in [2.05, 4.69) is 5.32 Å². The summed E-state index contributed by atoms with van der Waals surface area (Å²) in [6.07, 6.45) is 1.19. The maximum atomic E-state index is 11.3. The van der Waals surface area contributed by atoms with Gasteiger partial charge >= 0.3 is 11.9 Å². The molecule has 0 bridgehead atoms. The molecule has 1 atom stereocenters. The van der Waals surface area contributed by atoms with Gasteiger partial charge in [-0.3, -0.25) is 0 Å². The topological polar surface area (TPSA) is 95.9 Å². The van der Waals surface area contributed by atoms with Crippen LogP contribution in [0.4, 0.5) is 0 Å². The van der Waals surface area contributed by atoms with Gasteiger partial charge in [0.25, 0.3) is 0 Å². The highest BCUT2D eigenvalue weighted by Crippen LogP contribution is 2.18. The zero-order chi connectivity index (χ0) is 15.1. The molecule has 6 nitrogen and oxygen atoms in total. The number of aromatic hydroxyl groups is 1. The maximum Gasteiger partial charge on any atom is 0.332 e. The Morgan fingerprint density at radius 1 is 1.35 bits per heavy atom. The molecular weight excluding hydrogens is 262 g/mol. The minimum atomic E-state index is -1.09. The van der Waals surface area contributed by atoms with Crippen molar-refractivity contribution < 1.29 is 24.5 Å². The number of phenols is 1. The third-order valence-corrected chi connectivity index (χ3v) is 2.47. The third-order valence-electron chi connectivity index (χ3n) is 2.47. The summed E-state index contributed by atoms with van der Waals surface area (Å²) in [5.74, 6) is -1.57. The third kappa shape index (κ3) is 4.64. The van der Waals surface area contributed by atoms with Crippen LogP contribution >= 0.6 is 0 Å². The highest BCUT2D eigenvalue weighted by Gasteiger charge is 2.19. The molecule has 6 heteroatoms. The van der Waals surface area contributed by atoms with Gasteiger partial charge in [0.05, 0.1) is 6.61 Å². The average molecular weight is 279 g/mol. The Labute approximate surface area is 116 Å². The molecule has 0 aromatic heterocycles. The van der Waals surface area contributed by atoms with E-state index in [9.17, 15) is 19.8 Å². The summed E-state index contributed by atoms with van der Waals surface area (Å²) in [5, 5.41) is 21.1. The number of carbonyl (C=O) groups excluding carboxylic acids is 1. The Kier molecular flexibility index (Phi) is 5.58. The predicted octanol–water partition coefficient (Wildman–Crippen LogP) is 1.57. The Hall–Kier alpha value is -2.50. The second-order valence-corrected chi connectivity index (χ2v) is 4.09. The van der Waals surface area contributed by atoms with Gasteiger partial charge in [-0.2, -0.15) is 0 Å². The standard InChI is InChI=1S/C14H17NO5/c1-3-20-12(17)8-9(2)15-13(14(18)19)10-4-6-11(16)7-5-10/h4-8,13,15-16H,3H2,1-2H3,(H,18,19)/b9-8+/t13-/m1/s1. The van der Waals surface area contributed by atoms with E-state index < -0.39 is 18.0 Å². The normalized spacial score (nSPS) is 12.6. The number of phenolic OH excluding ortho intramolecular Hbond substituents is 1. The van der Waals surface area contributed by atoms with Gasteiger partial charge in [0, 0.05) is 11.8 Å². The van der Waals surface area contributed by atoms with Crippen molar-refractivity contribution in [3.05, 3.63) is 41.6 Å². The van der Waals surface area contributed by atoms with Crippen LogP contribution in [0, 0.1) is 0 Å². The Morgan fingerprint density at radius 3 is 2.45 bits per heavy atom. The van der Waals surface area contributed by atoms with Crippen molar-refractivity contribution in [3.63, 3.8) is 0 Å². The Bertz CT molecular complexity index is 507. The number of aliphatic carboxylic acids is 1. The Balaban J connectivity index is 2.85. The van der Waals surface area contributed by atoms with Crippen LogP contribution in [0.5, 0.6) is 5.75 Å². The van der Waals surface area contributed by atoms with Crippen LogP contribution < -0.4 is 5.32 Å². The summed E-state index contributed by atoms with van der Waals surface area (Å²) in [6.45, 7) is 3.52. The molecule has 1 aromatic rings. The highest BCUT2D eigenvalue weighted by atomic mass is 16.5. The second-order valence-electron chi connectivity index (χ2n) is 4.09. The fraction of sp³-hybridized carbons (Fsp3) is 0.286. The zero-order valence-electron chi connectivity index (χ0n) is 11.3. The molecule has 1 aromatic carbocycles. The largest absolute Gasteiger partial charge is 0.508 e. The average Bonchev–Trinajstić information content (AvgIpc) is 2.37. The number of carboxylic acids is 1. The first kappa shape index (κ1) is 15.6. The summed E-state index contributed by atoms with van der Waals surface area (Å²) in [7, 11) is 0. The SMILES string of the molecule is CCOC(=O)/C=C(\C)N[C@@H](C(=O)O)c1ccc(O)cc1. The number of ether oxygens (including phenoxy) is 1. The van der Waals surface area contributed by atoms with Crippen LogP contribution in [0.3, 0.4) is 0 Å². The van der Waals surface area contributed by atoms with Gasteiger partial charge in [0.15, 0.2) is 0 Å². The number of benzene rings is 1. The van der Waals surface area contributed by atoms with Gasteiger partial charge < -0.3 is 20.3 Å². The first-order valence-corrected chi connectivity index (χ1v) is 6.07. The van der Waals surface area contributed by atoms with E-state index in [1.165, 1.54) is 30.3 Å². The first-order chi connectivity index (χ1) is 9.43. The molecule has 0 aliphatic carbocycles. The number of carboxylic acid groups (broad SMARTS) is 1. The molecule has 0 aliphatic rings. The highest BCUT2D eigenvalue weighted by molar-refractivity contribution is 5.83. The first-order valence-electron chi connectivity index (χ1n) is 6.07. The van der Waals surface area contributed by atoms with Crippen LogP contribution in [-0.2, 0) is 14.3 Å². The van der Waals surface area contributed by atoms with Crippen molar-refractivity contribution >= 4 is 11.9 Å². The summed E-state index contributed by atoms with van der Waals surface area (Å²) >= 11 is 0. The number of esters is 1. The molecular formula is C14H17NO5. The van der Waals surface area contributed by atoms with Gasteiger partial charge in [0.1, 0.15) is 11.8 Å². The van der Waals surface area contributed by atoms with E-state index in [0.29, 0.717) is 11.3 Å². The minimum Gasteiger partial charge on any atom is -0.508 e. The monoisotopic (exact) mass is 279 g/mol. The Morgan fingerprint density at radius 2 is 1.95 bits per heavy atom. The molecule has 3 N–H and O–H groups in total. The molecule has 0 fully saturated rings. The molecule has 1 rings (SSSR count). The lowest BCUT2D eigenvalue weighted by molar-refractivity contribution is -0.140. The number of allylic oxidation sites excluding steroid dienone is 1. The van der Waals surface area contributed by atoms with Crippen LogP contribution in [0.25, 0.3) is 0 Å². The van der Waals surface area contributed by atoms with Gasteiger partial charge in [-0.15, -0.1) is 0 Å². The van der Waals surface area contributed by atoms with E-state index in [0.717, 1.165) is 0 Å². The predicted molar refractivity (Wildman–Crippen MR) is 72.0 cm³/mol. The lowest BCUT2D eigenvalue weighted by atomic mass is 10.1. The number of carbonyl (C=O) groups is 2. The van der Waals surface area contributed by atoms with E-state index in [1.54, 1.807) is 13.8 Å². The number of hydrogen-bond donors (Lipinski definition) is 3. The fourth-order valence-electron chi connectivity index (χ4n) is 1.58. The van der Waals surface area contributed by atoms with Crippen molar-refractivity contribution in [1.82, 2.24) is 5.32 Å². The molecule has 0 unspecified atom stereocenters. The summed E-state index contributed by atoms with van der Waals surface area (Å²) in [6, 6.07) is 4.79. The number of hydrogen-bond acceptors (Lipinski definition) is 5. The molecule has 0 spiro atoms. The van der Waals surface area contributed by atoms with Gasteiger partial charge in [-0.05, 0) is 31.5 Å². The molecule has 0 radical (unpaired) electrons. The van der Waals surface area contributed by atoms with Crippen molar-refractivity contribution in [3.8, 4) is 5.75 Å². The van der Waals surface area contributed by atoms with Crippen LogP contribution in [0.2, 0.25) is 0 Å². The summed E-state index contributed by atoms with van der Waals surface area (Å²) < 4.78 is 4.74. The molecule has 0 saturated heterocycles. The van der Waals surface area contributed by atoms with Crippen LogP contribution in [0.1, 0.15) is 25.5 Å². The van der Waals surface area contributed by atoms with E-state index in [1.807, 2.05) is 0 Å². The van der Waals surface area contributed by atoms with Gasteiger partial charge in [-0.25, -0.2) is 9.59 Å². The molecule has 0 aliphatic heterocycles. The van der Waals surface area contributed by atoms with Gasteiger partial charge in [0.2, 0.25) is 0 Å². The molecule has 20 heavy (non-hydrogen) atoms. The maximum absolute atomic E-state index is 11.3. The summed E-state index contributed by atoms with van der Waals surface area (Å²) in [5.41, 5.74) is 0.843. The minimum absolute atomic E-state index is 0.0525. The van der Waals surface area contributed by atoms with Crippen LogP contribution in [-0.4, -0.2) is 28.8 Å². The quantitative estimate of drug-likeness (QED) is 0.540. The van der Waals surface area contributed by atoms with Crippen LogP contribution in [0.15, 0.2) is 36.0 Å². The molecule has 0 heterocycles. The number of rotatable bonds is 6. The zero-order valence-corrected chi connectivity index (χ0v) is 11.3. The summed E-state index contributed by atoms with van der Waals surface area (Å²) in [4.78, 5) is 22.5. The second kappa shape index (κ2) is 7.18. The lowest BCUT2D eigenvalue weighted by Gasteiger charge is -2.16. The van der Waals surface area contributed by atoms with Crippen molar-refractivity contribution in [2.45, 2.75) is 19.9 Å². The van der Waals surface area contributed by atoms with E-state index in [4.69, 9.17) is 4.74 Å². The lowest BCUT2D eigenvalue weighted by Crippen LogP contribution is -2.27. The van der Waals surface area contributed by atoms with Crippen molar-refractivity contribution in [1.29, 1.82) is 0 Å². The van der Waals surface area contributed by atoms with Gasteiger partial charge in [-0.1, -0.05) is 12.1 Å². The fourth-order valence-corrected chi connectivity index (χ4v) is 1.58. The molecule has 108 valence electrons. The molecule has 0 saturated carbocycles. The number of nitrogens with one attached hydrogen (secondary N) is 1. The molecule has 0 amide bonds.